The van der Waals surface area contributed by atoms with Crippen LogP contribution in [0.3, 0.4) is 0 Å². The molecule has 3 rings (SSSR count). The molecule has 5 nitrogen and oxygen atoms in total. The number of rotatable bonds is 7. The summed E-state index contributed by atoms with van der Waals surface area (Å²) in [5.41, 5.74) is 1.92. The van der Waals surface area contributed by atoms with Crippen LogP contribution in [-0.2, 0) is 4.79 Å². The number of methoxy groups -OCH3 is 1. The summed E-state index contributed by atoms with van der Waals surface area (Å²) >= 11 is 0. The quantitative estimate of drug-likeness (QED) is 0.610. The highest BCUT2D eigenvalue weighted by molar-refractivity contribution is 5.95. The molecule has 0 aliphatic rings. The fraction of sp³-hybridized carbons (Fsp3) is 0.130. The summed E-state index contributed by atoms with van der Waals surface area (Å²) in [7, 11) is 1.57. The molecule has 0 saturated heterocycles. The minimum atomic E-state index is -0.851. The molecule has 3 aromatic rings. The molecule has 0 aliphatic carbocycles. The first kappa shape index (κ1) is 19.2. The Morgan fingerprint density at radius 3 is 2.21 bits per heavy atom. The van der Waals surface area contributed by atoms with Crippen molar-refractivity contribution in [3.63, 3.8) is 0 Å². The monoisotopic (exact) mass is 375 g/mol. The third-order valence-corrected chi connectivity index (χ3v) is 4.19. The Morgan fingerprint density at radius 2 is 1.57 bits per heavy atom. The molecule has 0 spiro atoms. The number of carbonyl (C=O) groups excluding carboxylic acids is 2. The van der Waals surface area contributed by atoms with E-state index >= 15 is 0 Å². The average Bonchev–Trinajstić information content (AvgIpc) is 2.73. The van der Waals surface area contributed by atoms with Crippen molar-refractivity contribution in [2.75, 3.05) is 12.4 Å². The van der Waals surface area contributed by atoms with Gasteiger partial charge in [-0.3, -0.25) is 9.59 Å². The number of benzene rings is 3. The number of nitrogens with one attached hydrogen (secondary N) is 1. The lowest BCUT2D eigenvalue weighted by atomic mass is 10.1. The number of hydrogen-bond donors (Lipinski definition) is 1. The molecule has 0 radical (unpaired) electrons. The number of anilines is 1. The van der Waals surface area contributed by atoms with Crippen LogP contribution in [0.2, 0.25) is 0 Å². The van der Waals surface area contributed by atoms with Gasteiger partial charge in [0.25, 0.3) is 5.91 Å². The van der Waals surface area contributed by atoms with Gasteiger partial charge in [-0.15, -0.1) is 0 Å². The second kappa shape index (κ2) is 8.86. The predicted octanol–water partition coefficient (Wildman–Crippen LogP) is 4.66. The minimum absolute atomic E-state index is 0.0260. The van der Waals surface area contributed by atoms with Crippen molar-refractivity contribution in [2.24, 2.45) is 0 Å². The summed E-state index contributed by atoms with van der Waals surface area (Å²) in [6.45, 7) is 1.50. The van der Waals surface area contributed by atoms with Crippen LogP contribution in [0.1, 0.15) is 28.9 Å². The third-order valence-electron chi connectivity index (χ3n) is 4.19. The molecule has 0 heterocycles. The lowest BCUT2D eigenvalue weighted by molar-refractivity contribution is -0.123. The number of hydrogen-bond acceptors (Lipinski definition) is 4. The Kier molecular flexibility index (Phi) is 6.07. The molecule has 1 amide bonds. The zero-order valence-corrected chi connectivity index (χ0v) is 15.7. The molecule has 142 valence electrons. The average molecular weight is 375 g/mol. The highest BCUT2D eigenvalue weighted by Gasteiger charge is 2.23. The Morgan fingerprint density at radius 1 is 0.857 bits per heavy atom. The Bertz CT molecular complexity index is 952. The van der Waals surface area contributed by atoms with Gasteiger partial charge in [-0.2, -0.15) is 0 Å². The molecule has 5 heteroatoms. The summed E-state index contributed by atoms with van der Waals surface area (Å²) in [4.78, 5) is 24.4. The molecule has 0 fully saturated rings. The van der Waals surface area contributed by atoms with Crippen LogP contribution in [0.25, 0.3) is 0 Å². The van der Waals surface area contributed by atoms with Gasteiger partial charge in [0, 0.05) is 22.9 Å². The van der Waals surface area contributed by atoms with E-state index in [9.17, 15) is 9.59 Å². The number of carbonyl (C=O) groups is 2. The van der Waals surface area contributed by atoms with E-state index in [0.29, 0.717) is 22.7 Å². The van der Waals surface area contributed by atoms with Crippen LogP contribution in [0.15, 0.2) is 78.9 Å². The van der Waals surface area contributed by atoms with Crippen LogP contribution < -0.4 is 14.8 Å². The topological polar surface area (TPSA) is 64.6 Å². The highest BCUT2D eigenvalue weighted by atomic mass is 16.5. The van der Waals surface area contributed by atoms with Gasteiger partial charge in [0.1, 0.15) is 11.5 Å². The van der Waals surface area contributed by atoms with Crippen molar-refractivity contribution >= 4 is 17.4 Å². The van der Waals surface area contributed by atoms with Crippen LogP contribution in [-0.4, -0.2) is 18.8 Å². The smallest absolute Gasteiger partial charge is 0.270 e. The largest absolute Gasteiger partial charge is 0.497 e. The van der Waals surface area contributed by atoms with Crippen molar-refractivity contribution in [1.29, 1.82) is 0 Å². The SMILES string of the molecule is COc1cccc(NC(=O)[C@@H](Oc2ccc(C(C)=O)cc2)c2ccccc2)c1. The van der Waals surface area contributed by atoms with Crippen molar-refractivity contribution in [1.82, 2.24) is 0 Å². The fourth-order valence-electron chi connectivity index (χ4n) is 2.71. The first-order chi connectivity index (χ1) is 13.6. The first-order valence-corrected chi connectivity index (χ1v) is 8.84. The van der Waals surface area contributed by atoms with Gasteiger partial charge in [-0.05, 0) is 43.3 Å². The van der Waals surface area contributed by atoms with E-state index in [1.807, 2.05) is 30.3 Å². The molecule has 0 aromatic heterocycles. The van der Waals surface area contributed by atoms with Gasteiger partial charge in [0.05, 0.1) is 7.11 Å². The number of ether oxygens (including phenoxy) is 2. The molecule has 0 saturated carbocycles. The van der Waals surface area contributed by atoms with Crippen molar-refractivity contribution in [3.8, 4) is 11.5 Å². The van der Waals surface area contributed by atoms with Gasteiger partial charge in [-0.1, -0.05) is 36.4 Å². The Balaban J connectivity index is 1.84. The molecular formula is C23H21NO4. The van der Waals surface area contributed by atoms with Crippen molar-refractivity contribution in [2.45, 2.75) is 13.0 Å². The Hall–Kier alpha value is -3.60. The van der Waals surface area contributed by atoms with E-state index in [2.05, 4.69) is 5.32 Å². The van der Waals surface area contributed by atoms with Gasteiger partial charge >= 0.3 is 0 Å². The van der Waals surface area contributed by atoms with Gasteiger partial charge in [0.15, 0.2) is 5.78 Å². The van der Waals surface area contributed by atoms with Crippen molar-refractivity contribution in [3.05, 3.63) is 90.0 Å². The number of amides is 1. The van der Waals surface area contributed by atoms with E-state index in [4.69, 9.17) is 9.47 Å². The molecule has 0 bridgehead atoms. The molecule has 0 unspecified atom stereocenters. The maximum Gasteiger partial charge on any atom is 0.270 e. The van der Waals surface area contributed by atoms with Gasteiger partial charge in [0.2, 0.25) is 6.10 Å². The molecular weight excluding hydrogens is 354 g/mol. The maximum absolute atomic E-state index is 13.0. The highest BCUT2D eigenvalue weighted by Crippen LogP contribution is 2.25. The van der Waals surface area contributed by atoms with Crippen LogP contribution in [0.4, 0.5) is 5.69 Å². The van der Waals surface area contributed by atoms with E-state index in [1.54, 1.807) is 55.6 Å². The predicted molar refractivity (Wildman–Crippen MR) is 108 cm³/mol. The summed E-state index contributed by atoms with van der Waals surface area (Å²) in [5.74, 6) is 0.812. The second-order valence-electron chi connectivity index (χ2n) is 6.21. The first-order valence-electron chi connectivity index (χ1n) is 8.84. The molecule has 28 heavy (non-hydrogen) atoms. The van der Waals surface area contributed by atoms with Crippen LogP contribution >= 0.6 is 0 Å². The van der Waals surface area contributed by atoms with Crippen molar-refractivity contribution < 1.29 is 19.1 Å². The Labute approximate surface area is 163 Å². The molecule has 0 aliphatic heterocycles. The lowest BCUT2D eigenvalue weighted by Gasteiger charge is -2.19. The summed E-state index contributed by atoms with van der Waals surface area (Å²) in [5, 5.41) is 2.87. The zero-order chi connectivity index (χ0) is 19.9. The van der Waals surface area contributed by atoms with Gasteiger partial charge in [-0.25, -0.2) is 0 Å². The van der Waals surface area contributed by atoms with E-state index in [0.717, 1.165) is 5.56 Å². The number of ketones is 1. The second-order valence-corrected chi connectivity index (χ2v) is 6.21. The third kappa shape index (κ3) is 4.76. The van der Waals surface area contributed by atoms with E-state index < -0.39 is 6.10 Å². The van der Waals surface area contributed by atoms with E-state index in [1.165, 1.54) is 6.92 Å². The van der Waals surface area contributed by atoms with E-state index in [-0.39, 0.29) is 11.7 Å². The summed E-state index contributed by atoms with van der Waals surface area (Å²) in [6, 6.07) is 23.1. The van der Waals surface area contributed by atoms with Crippen LogP contribution in [0, 0.1) is 0 Å². The standard InChI is InChI=1S/C23H21NO4/c1-16(25)17-11-13-20(14-12-17)28-22(18-7-4-3-5-8-18)23(26)24-19-9-6-10-21(15-19)27-2/h3-15,22H,1-2H3,(H,24,26)/t22-/m0/s1. The van der Waals surface area contributed by atoms with Gasteiger partial charge < -0.3 is 14.8 Å². The fourth-order valence-corrected chi connectivity index (χ4v) is 2.71. The molecule has 1 N–H and O–H groups in total. The normalized spacial score (nSPS) is 11.4. The lowest BCUT2D eigenvalue weighted by Crippen LogP contribution is -2.25. The molecule has 3 aromatic carbocycles. The van der Waals surface area contributed by atoms with Crippen LogP contribution in [0.5, 0.6) is 11.5 Å². The maximum atomic E-state index is 13.0. The number of Topliss-reactive ketones (excluding diaryl/α,β-unsaturated/α-hetero) is 1. The summed E-state index contributed by atoms with van der Waals surface area (Å²) in [6.07, 6.45) is -0.851. The molecule has 1 atom stereocenters. The summed E-state index contributed by atoms with van der Waals surface area (Å²) < 4.78 is 11.2. The zero-order valence-electron chi connectivity index (χ0n) is 15.7. The minimum Gasteiger partial charge on any atom is -0.497 e.